The minimum Gasteiger partial charge on any atom is -0.480 e. The van der Waals surface area contributed by atoms with Crippen LogP contribution in [0.15, 0.2) is 30.3 Å². The zero-order valence-corrected chi connectivity index (χ0v) is 13.0. The second kappa shape index (κ2) is 7.16. The molecule has 0 bridgehead atoms. The standard InChI is InChI=1S/C17H24O2S/c1-17(16(18)19,20-15-11-5-6-12-15)13-7-10-14-8-3-2-4-9-14/h2-4,8-9,15H,5-7,10-13H2,1H3,(H,18,19). The number of hydrogen-bond donors (Lipinski definition) is 1. The van der Waals surface area contributed by atoms with Crippen molar-refractivity contribution in [2.24, 2.45) is 0 Å². The van der Waals surface area contributed by atoms with Crippen LogP contribution >= 0.6 is 11.8 Å². The first-order valence-electron chi connectivity index (χ1n) is 7.55. The van der Waals surface area contributed by atoms with Crippen molar-refractivity contribution < 1.29 is 9.90 Å². The molecule has 0 radical (unpaired) electrons. The summed E-state index contributed by atoms with van der Waals surface area (Å²) in [6, 6.07) is 10.3. The maximum atomic E-state index is 11.6. The largest absolute Gasteiger partial charge is 0.480 e. The van der Waals surface area contributed by atoms with Crippen molar-refractivity contribution in [1.82, 2.24) is 0 Å². The van der Waals surface area contributed by atoms with E-state index in [-0.39, 0.29) is 0 Å². The highest BCUT2D eigenvalue weighted by molar-refractivity contribution is 8.02. The topological polar surface area (TPSA) is 37.3 Å². The Morgan fingerprint density at radius 2 is 1.95 bits per heavy atom. The Morgan fingerprint density at radius 1 is 1.30 bits per heavy atom. The van der Waals surface area contributed by atoms with E-state index in [9.17, 15) is 9.90 Å². The maximum Gasteiger partial charge on any atom is 0.319 e. The number of rotatable bonds is 7. The number of aryl methyl sites for hydroxylation is 1. The third-order valence-electron chi connectivity index (χ3n) is 4.14. The van der Waals surface area contributed by atoms with Crippen LogP contribution < -0.4 is 0 Å². The molecular weight excluding hydrogens is 268 g/mol. The molecule has 1 unspecified atom stereocenters. The molecular formula is C17H24O2S. The predicted molar refractivity (Wildman–Crippen MR) is 85.3 cm³/mol. The molecule has 0 saturated heterocycles. The summed E-state index contributed by atoms with van der Waals surface area (Å²) < 4.78 is -0.621. The van der Waals surface area contributed by atoms with Crippen LogP contribution in [-0.4, -0.2) is 21.1 Å². The second-order valence-corrected chi connectivity index (χ2v) is 7.70. The molecule has 1 N–H and O–H groups in total. The monoisotopic (exact) mass is 292 g/mol. The molecule has 1 fully saturated rings. The Morgan fingerprint density at radius 3 is 2.55 bits per heavy atom. The van der Waals surface area contributed by atoms with Gasteiger partial charge < -0.3 is 5.11 Å². The smallest absolute Gasteiger partial charge is 0.319 e. The molecule has 0 aromatic heterocycles. The molecule has 0 amide bonds. The second-order valence-electron chi connectivity index (χ2n) is 5.90. The van der Waals surface area contributed by atoms with Crippen LogP contribution in [0.2, 0.25) is 0 Å². The van der Waals surface area contributed by atoms with Gasteiger partial charge in [0.1, 0.15) is 4.75 Å². The van der Waals surface area contributed by atoms with E-state index in [1.165, 1.54) is 31.2 Å². The van der Waals surface area contributed by atoms with E-state index >= 15 is 0 Å². The van der Waals surface area contributed by atoms with E-state index < -0.39 is 10.7 Å². The van der Waals surface area contributed by atoms with Crippen LogP contribution in [0.25, 0.3) is 0 Å². The quantitative estimate of drug-likeness (QED) is 0.802. The van der Waals surface area contributed by atoms with Gasteiger partial charge in [0.2, 0.25) is 0 Å². The fourth-order valence-electron chi connectivity index (χ4n) is 2.86. The summed E-state index contributed by atoms with van der Waals surface area (Å²) in [5, 5.41) is 10.1. The zero-order valence-electron chi connectivity index (χ0n) is 12.2. The van der Waals surface area contributed by atoms with E-state index in [1.807, 2.05) is 25.1 Å². The van der Waals surface area contributed by atoms with Gasteiger partial charge in [-0.25, -0.2) is 0 Å². The van der Waals surface area contributed by atoms with Crippen LogP contribution in [0.3, 0.4) is 0 Å². The molecule has 0 aliphatic heterocycles. The highest BCUT2D eigenvalue weighted by Gasteiger charge is 2.36. The Hall–Kier alpha value is -0.960. The van der Waals surface area contributed by atoms with Crippen molar-refractivity contribution in [1.29, 1.82) is 0 Å². The number of thioether (sulfide) groups is 1. The molecule has 1 atom stereocenters. The summed E-state index contributed by atoms with van der Waals surface area (Å²) in [6.45, 7) is 1.91. The molecule has 20 heavy (non-hydrogen) atoms. The van der Waals surface area contributed by atoms with E-state index in [4.69, 9.17) is 0 Å². The first-order valence-corrected chi connectivity index (χ1v) is 8.43. The lowest BCUT2D eigenvalue weighted by atomic mass is 10.0. The summed E-state index contributed by atoms with van der Waals surface area (Å²) in [4.78, 5) is 11.6. The van der Waals surface area contributed by atoms with Gasteiger partial charge in [-0.1, -0.05) is 43.2 Å². The molecule has 1 saturated carbocycles. The van der Waals surface area contributed by atoms with Crippen LogP contribution in [0, 0.1) is 0 Å². The van der Waals surface area contributed by atoms with Crippen molar-refractivity contribution >= 4 is 17.7 Å². The Bertz CT molecular complexity index is 426. The SMILES string of the molecule is CC(CCCc1ccccc1)(SC1CCCC1)C(=O)O. The summed E-state index contributed by atoms with van der Waals surface area (Å²) in [7, 11) is 0. The Balaban J connectivity index is 1.86. The van der Waals surface area contributed by atoms with E-state index in [0.717, 1.165) is 19.3 Å². The van der Waals surface area contributed by atoms with Crippen molar-refractivity contribution in [2.45, 2.75) is 61.9 Å². The van der Waals surface area contributed by atoms with Crippen LogP contribution in [0.4, 0.5) is 0 Å². The summed E-state index contributed by atoms with van der Waals surface area (Å²) >= 11 is 1.70. The van der Waals surface area contributed by atoms with Crippen LogP contribution in [0.1, 0.15) is 51.0 Å². The van der Waals surface area contributed by atoms with Crippen LogP contribution in [0.5, 0.6) is 0 Å². The van der Waals surface area contributed by atoms with Gasteiger partial charge in [0.05, 0.1) is 0 Å². The third-order valence-corrected chi connectivity index (χ3v) is 5.85. The predicted octanol–water partition coefficient (Wildman–Crippen LogP) is 4.53. The highest BCUT2D eigenvalue weighted by Crippen LogP contribution is 2.40. The fourth-order valence-corrected chi connectivity index (χ4v) is 4.53. The number of hydrogen-bond acceptors (Lipinski definition) is 2. The average Bonchev–Trinajstić information content (AvgIpc) is 2.92. The minimum atomic E-state index is -0.650. The van der Waals surface area contributed by atoms with Gasteiger partial charge in [-0.2, -0.15) is 0 Å². The zero-order chi connectivity index (χ0) is 14.4. The lowest BCUT2D eigenvalue weighted by molar-refractivity contribution is -0.139. The minimum absolute atomic E-state index is 0.549. The molecule has 2 nitrogen and oxygen atoms in total. The molecule has 110 valence electrons. The lowest BCUT2D eigenvalue weighted by Gasteiger charge is -2.27. The summed E-state index contributed by atoms with van der Waals surface area (Å²) in [6.07, 6.45) is 7.55. The number of benzene rings is 1. The number of carboxylic acid groups (broad SMARTS) is 1. The summed E-state index contributed by atoms with van der Waals surface area (Å²) in [5.41, 5.74) is 1.30. The van der Waals surface area contributed by atoms with Gasteiger partial charge in [-0.05, 0) is 44.6 Å². The van der Waals surface area contributed by atoms with Gasteiger partial charge in [0, 0.05) is 5.25 Å². The van der Waals surface area contributed by atoms with Gasteiger partial charge in [0.15, 0.2) is 0 Å². The van der Waals surface area contributed by atoms with Gasteiger partial charge in [0.25, 0.3) is 0 Å². The molecule has 3 heteroatoms. The van der Waals surface area contributed by atoms with Crippen molar-refractivity contribution in [3.8, 4) is 0 Å². The number of aliphatic carboxylic acids is 1. The van der Waals surface area contributed by atoms with Crippen LogP contribution in [-0.2, 0) is 11.2 Å². The molecule has 1 aliphatic rings. The van der Waals surface area contributed by atoms with Gasteiger partial charge in [-0.3, -0.25) is 4.79 Å². The van der Waals surface area contributed by atoms with Crippen molar-refractivity contribution in [3.05, 3.63) is 35.9 Å². The van der Waals surface area contributed by atoms with E-state index in [0.29, 0.717) is 5.25 Å². The molecule has 0 spiro atoms. The van der Waals surface area contributed by atoms with Gasteiger partial charge in [-0.15, -0.1) is 11.8 Å². The Kier molecular flexibility index (Phi) is 5.53. The molecule has 1 aromatic rings. The maximum absolute atomic E-state index is 11.6. The molecule has 2 rings (SSSR count). The van der Waals surface area contributed by atoms with E-state index in [2.05, 4.69) is 12.1 Å². The van der Waals surface area contributed by atoms with Gasteiger partial charge >= 0.3 is 5.97 Å². The normalized spacial score (nSPS) is 18.9. The first kappa shape index (κ1) is 15.4. The highest BCUT2D eigenvalue weighted by atomic mass is 32.2. The molecule has 1 aliphatic carbocycles. The first-order chi connectivity index (χ1) is 9.60. The van der Waals surface area contributed by atoms with Crippen molar-refractivity contribution in [2.75, 3.05) is 0 Å². The summed E-state index contributed by atoms with van der Waals surface area (Å²) in [5.74, 6) is -0.650. The van der Waals surface area contributed by atoms with Crippen molar-refractivity contribution in [3.63, 3.8) is 0 Å². The lowest BCUT2D eigenvalue weighted by Crippen LogP contribution is -2.33. The molecule has 0 heterocycles. The van der Waals surface area contributed by atoms with E-state index in [1.54, 1.807) is 11.8 Å². The number of carboxylic acids is 1. The fraction of sp³-hybridized carbons (Fsp3) is 0.588. The third kappa shape index (κ3) is 4.27. The number of carbonyl (C=O) groups is 1. The Labute approximate surface area is 126 Å². The average molecular weight is 292 g/mol. The molecule has 1 aromatic carbocycles.